The van der Waals surface area contributed by atoms with Crippen LogP contribution in [0.4, 0.5) is 0 Å². The molecule has 0 saturated heterocycles. The van der Waals surface area contributed by atoms with Crippen molar-refractivity contribution in [3.63, 3.8) is 0 Å². The lowest BCUT2D eigenvalue weighted by molar-refractivity contribution is 0.404. The molecule has 16 heavy (non-hydrogen) atoms. The highest BCUT2D eigenvalue weighted by molar-refractivity contribution is 7.11. The first-order valence-electron chi connectivity index (χ1n) is 6.61. The van der Waals surface area contributed by atoms with Gasteiger partial charge in [-0.05, 0) is 55.6 Å². The number of hydrogen-bond acceptors (Lipinski definition) is 2. The van der Waals surface area contributed by atoms with Crippen LogP contribution < -0.4 is 5.32 Å². The number of hydrogen-bond donors (Lipinski definition) is 1. The van der Waals surface area contributed by atoms with E-state index in [9.17, 15) is 0 Å². The van der Waals surface area contributed by atoms with Crippen molar-refractivity contribution in [3.05, 3.63) is 21.9 Å². The van der Waals surface area contributed by atoms with Crippen LogP contribution >= 0.6 is 11.3 Å². The predicted octanol–water partition coefficient (Wildman–Crippen LogP) is 3.59. The van der Waals surface area contributed by atoms with E-state index in [1.54, 1.807) is 0 Å². The van der Waals surface area contributed by atoms with Gasteiger partial charge in [-0.2, -0.15) is 0 Å². The zero-order chi connectivity index (χ0) is 11.0. The average Bonchev–Trinajstić information content (AvgIpc) is 3.17. The fraction of sp³-hybridized carbons (Fsp3) is 0.714. The van der Waals surface area contributed by atoms with Gasteiger partial charge in [0.15, 0.2) is 0 Å². The Labute approximate surface area is 102 Å². The molecule has 1 heterocycles. The van der Waals surface area contributed by atoms with E-state index in [2.05, 4.69) is 24.4 Å². The molecule has 1 N–H and O–H groups in total. The zero-order valence-electron chi connectivity index (χ0n) is 10.1. The molecule has 2 fully saturated rings. The molecule has 0 unspecified atom stereocenters. The molecular formula is C14H21NS. The average molecular weight is 235 g/mol. The Morgan fingerprint density at radius 1 is 1.31 bits per heavy atom. The van der Waals surface area contributed by atoms with Gasteiger partial charge in [0.25, 0.3) is 0 Å². The monoisotopic (exact) mass is 235 g/mol. The summed E-state index contributed by atoms with van der Waals surface area (Å²) < 4.78 is 0. The molecule has 0 atom stereocenters. The van der Waals surface area contributed by atoms with Crippen molar-refractivity contribution in [2.45, 2.75) is 45.6 Å². The van der Waals surface area contributed by atoms with Crippen molar-refractivity contribution < 1.29 is 0 Å². The minimum Gasteiger partial charge on any atom is -0.311 e. The van der Waals surface area contributed by atoms with E-state index in [1.807, 2.05) is 11.3 Å². The van der Waals surface area contributed by atoms with Crippen LogP contribution in [0.25, 0.3) is 0 Å². The standard InChI is InChI=1S/C14H21NS/c1-2-12-5-6-13(16-12)9-15-10-14(7-8-14)11-3-4-11/h5-6,11,15H,2-4,7-10H2,1H3. The Bertz CT molecular complexity index is 361. The fourth-order valence-corrected chi connectivity index (χ4v) is 3.66. The first-order valence-corrected chi connectivity index (χ1v) is 7.42. The van der Waals surface area contributed by atoms with Crippen LogP contribution in [0.3, 0.4) is 0 Å². The van der Waals surface area contributed by atoms with E-state index >= 15 is 0 Å². The maximum absolute atomic E-state index is 3.67. The Balaban J connectivity index is 1.46. The van der Waals surface area contributed by atoms with Crippen LogP contribution in [0.1, 0.15) is 42.4 Å². The maximum atomic E-state index is 3.67. The summed E-state index contributed by atoms with van der Waals surface area (Å²) in [4.78, 5) is 3.02. The molecule has 2 aliphatic carbocycles. The van der Waals surface area contributed by atoms with Gasteiger partial charge in [0.05, 0.1) is 0 Å². The lowest BCUT2D eigenvalue weighted by atomic mass is 10.0. The van der Waals surface area contributed by atoms with Gasteiger partial charge in [0.1, 0.15) is 0 Å². The zero-order valence-corrected chi connectivity index (χ0v) is 10.9. The Hall–Kier alpha value is -0.340. The second-order valence-corrected chi connectivity index (χ2v) is 6.71. The lowest BCUT2D eigenvalue weighted by Gasteiger charge is -2.14. The summed E-state index contributed by atoms with van der Waals surface area (Å²) in [6, 6.07) is 4.56. The normalized spacial score (nSPS) is 22.3. The van der Waals surface area contributed by atoms with Crippen LogP contribution in [-0.4, -0.2) is 6.54 Å². The highest BCUT2D eigenvalue weighted by Crippen LogP contribution is 2.60. The maximum Gasteiger partial charge on any atom is 0.0300 e. The third kappa shape index (κ3) is 2.18. The van der Waals surface area contributed by atoms with Gasteiger partial charge in [0.2, 0.25) is 0 Å². The van der Waals surface area contributed by atoms with Crippen molar-refractivity contribution in [3.8, 4) is 0 Å². The molecule has 0 aliphatic heterocycles. The molecule has 0 bridgehead atoms. The number of thiophene rings is 1. The van der Waals surface area contributed by atoms with Crippen molar-refractivity contribution >= 4 is 11.3 Å². The highest BCUT2D eigenvalue weighted by Gasteiger charge is 2.53. The summed E-state index contributed by atoms with van der Waals surface area (Å²) >= 11 is 1.97. The molecular weight excluding hydrogens is 214 g/mol. The first kappa shape index (κ1) is 10.8. The number of rotatable bonds is 6. The summed E-state index contributed by atoms with van der Waals surface area (Å²) in [5.74, 6) is 1.08. The van der Waals surface area contributed by atoms with Gasteiger partial charge in [-0.15, -0.1) is 11.3 Å². The molecule has 2 saturated carbocycles. The van der Waals surface area contributed by atoms with Gasteiger partial charge >= 0.3 is 0 Å². The van der Waals surface area contributed by atoms with E-state index in [1.165, 1.54) is 48.4 Å². The Morgan fingerprint density at radius 3 is 2.62 bits per heavy atom. The van der Waals surface area contributed by atoms with Crippen molar-refractivity contribution in [1.29, 1.82) is 0 Å². The fourth-order valence-electron chi connectivity index (χ4n) is 2.73. The minimum atomic E-state index is 0.741. The van der Waals surface area contributed by atoms with Crippen LogP contribution in [-0.2, 0) is 13.0 Å². The van der Waals surface area contributed by atoms with Gasteiger partial charge in [-0.3, -0.25) is 0 Å². The summed E-state index contributed by atoms with van der Waals surface area (Å²) in [7, 11) is 0. The third-order valence-corrected chi connectivity index (χ3v) is 5.41. The van der Waals surface area contributed by atoms with Gasteiger partial charge in [-0.1, -0.05) is 6.92 Å². The molecule has 1 aromatic rings. The van der Waals surface area contributed by atoms with E-state index in [0.29, 0.717) is 0 Å². The molecule has 0 spiro atoms. The molecule has 2 heteroatoms. The number of aryl methyl sites for hydroxylation is 1. The minimum absolute atomic E-state index is 0.741. The molecule has 0 amide bonds. The number of nitrogens with one attached hydrogen (secondary N) is 1. The van der Waals surface area contributed by atoms with E-state index < -0.39 is 0 Å². The van der Waals surface area contributed by atoms with Crippen LogP contribution in [0.2, 0.25) is 0 Å². The third-order valence-electron chi connectivity index (χ3n) is 4.18. The highest BCUT2D eigenvalue weighted by atomic mass is 32.1. The summed E-state index contributed by atoms with van der Waals surface area (Å²) in [6.45, 7) is 4.57. The van der Waals surface area contributed by atoms with Crippen LogP contribution in [0, 0.1) is 11.3 Å². The molecule has 0 radical (unpaired) electrons. The second-order valence-electron chi connectivity index (χ2n) is 5.46. The first-order chi connectivity index (χ1) is 7.82. The molecule has 0 aromatic carbocycles. The quantitative estimate of drug-likeness (QED) is 0.794. The molecule has 1 aromatic heterocycles. The SMILES string of the molecule is CCc1ccc(CNCC2(C3CC3)CC2)s1. The summed E-state index contributed by atoms with van der Waals surface area (Å²) in [5.41, 5.74) is 0.741. The summed E-state index contributed by atoms with van der Waals surface area (Å²) in [6.07, 6.45) is 7.14. The van der Waals surface area contributed by atoms with Gasteiger partial charge in [-0.25, -0.2) is 0 Å². The van der Waals surface area contributed by atoms with Crippen molar-refractivity contribution in [2.24, 2.45) is 11.3 Å². The van der Waals surface area contributed by atoms with Crippen LogP contribution in [0.5, 0.6) is 0 Å². The molecule has 3 rings (SSSR count). The van der Waals surface area contributed by atoms with E-state index in [0.717, 1.165) is 17.9 Å². The Kier molecular flexibility index (Phi) is 2.80. The summed E-state index contributed by atoms with van der Waals surface area (Å²) in [5, 5.41) is 3.67. The van der Waals surface area contributed by atoms with Crippen LogP contribution in [0.15, 0.2) is 12.1 Å². The molecule has 88 valence electrons. The lowest BCUT2D eigenvalue weighted by Crippen LogP contribution is -2.24. The van der Waals surface area contributed by atoms with Crippen molar-refractivity contribution in [2.75, 3.05) is 6.54 Å². The molecule has 2 aliphatic rings. The van der Waals surface area contributed by atoms with E-state index in [-0.39, 0.29) is 0 Å². The predicted molar refractivity (Wildman–Crippen MR) is 69.8 cm³/mol. The second kappa shape index (κ2) is 4.15. The van der Waals surface area contributed by atoms with Gasteiger partial charge in [0, 0.05) is 22.8 Å². The van der Waals surface area contributed by atoms with Crippen molar-refractivity contribution in [1.82, 2.24) is 5.32 Å². The topological polar surface area (TPSA) is 12.0 Å². The molecule has 1 nitrogen and oxygen atoms in total. The van der Waals surface area contributed by atoms with E-state index in [4.69, 9.17) is 0 Å². The smallest absolute Gasteiger partial charge is 0.0300 e. The largest absolute Gasteiger partial charge is 0.311 e. The van der Waals surface area contributed by atoms with Gasteiger partial charge < -0.3 is 5.32 Å². The Morgan fingerprint density at radius 2 is 2.06 bits per heavy atom.